The van der Waals surface area contributed by atoms with E-state index in [1.807, 2.05) is 42.5 Å². The zero-order valence-corrected chi connectivity index (χ0v) is 18.3. The van der Waals surface area contributed by atoms with Crippen molar-refractivity contribution in [1.29, 1.82) is 0 Å². The first-order valence-electron chi connectivity index (χ1n) is 11.4. The van der Waals surface area contributed by atoms with Gasteiger partial charge in [0.25, 0.3) is 5.56 Å². The van der Waals surface area contributed by atoms with Gasteiger partial charge in [0, 0.05) is 23.1 Å². The topological polar surface area (TPSA) is 116 Å². The van der Waals surface area contributed by atoms with Gasteiger partial charge in [-0.2, -0.15) is 10.1 Å². The monoisotopic (exact) mass is 450 g/mol. The molecule has 1 saturated carbocycles. The van der Waals surface area contributed by atoms with Crippen LogP contribution in [0.3, 0.4) is 0 Å². The zero-order chi connectivity index (χ0) is 23.1. The van der Waals surface area contributed by atoms with Crippen molar-refractivity contribution >= 4 is 33.4 Å². The number of fused-ring (bicyclic) bond motifs is 2. The molecule has 34 heavy (non-hydrogen) atoms. The molecular weight excluding hydrogens is 428 g/mol. The van der Waals surface area contributed by atoms with Crippen LogP contribution in [0.2, 0.25) is 0 Å². The predicted molar refractivity (Wildman–Crippen MR) is 131 cm³/mol. The lowest BCUT2D eigenvalue weighted by Crippen LogP contribution is -2.20. The van der Waals surface area contributed by atoms with Crippen LogP contribution in [0.25, 0.3) is 44.5 Å². The van der Waals surface area contributed by atoms with E-state index >= 15 is 0 Å². The second-order valence-corrected chi connectivity index (χ2v) is 8.70. The van der Waals surface area contributed by atoms with Crippen LogP contribution in [0.4, 0.5) is 5.69 Å². The third-order valence-corrected chi connectivity index (χ3v) is 6.48. The molecule has 0 spiro atoms. The third kappa shape index (κ3) is 3.63. The number of aromatic amines is 2. The second kappa shape index (κ2) is 8.22. The van der Waals surface area contributed by atoms with E-state index in [1.54, 1.807) is 18.5 Å². The van der Waals surface area contributed by atoms with Crippen LogP contribution in [-0.2, 0) is 4.79 Å². The molecule has 2 aromatic carbocycles. The van der Waals surface area contributed by atoms with Crippen molar-refractivity contribution in [1.82, 2.24) is 25.1 Å². The van der Waals surface area contributed by atoms with E-state index < -0.39 is 0 Å². The molecule has 3 aromatic heterocycles. The van der Waals surface area contributed by atoms with Crippen LogP contribution >= 0.6 is 0 Å². The lowest BCUT2D eigenvalue weighted by atomic mass is 10.0. The zero-order valence-electron chi connectivity index (χ0n) is 18.3. The van der Waals surface area contributed by atoms with Crippen molar-refractivity contribution < 1.29 is 4.79 Å². The van der Waals surface area contributed by atoms with Gasteiger partial charge < -0.3 is 10.3 Å². The first-order chi connectivity index (χ1) is 16.7. The number of carbonyl (C=O) groups excluding carboxylic acids is 1. The number of para-hydroxylation sites is 1. The van der Waals surface area contributed by atoms with Crippen LogP contribution in [0.5, 0.6) is 0 Å². The molecule has 1 aliphatic rings. The van der Waals surface area contributed by atoms with Crippen molar-refractivity contribution in [2.75, 3.05) is 5.32 Å². The van der Waals surface area contributed by atoms with Gasteiger partial charge in [0.1, 0.15) is 5.69 Å². The van der Waals surface area contributed by atoms with Crippen molar-refractivity contribution in [3.8, 4) is 22.6 Å². The minimum atomic E-state index is -0.299. The Balaban J connectivity index is 1.37. The summed E-state index contributed by atoms with van der Waals surface area (Å²) < 4.78 is 0. The van der Waals surface area contributed by atoms with Crippen LogP contribution < -0.4 is 10.9 Å². The average molecular weight is 451 g/mol. The van der Waals surface area contributed by atoms with Crippen LogP contribution in [0, 0.1) is 5.92 Å². The first-order valence-corrected chi connectivity index (χ1v) is 11.4. The van der Waals surface area contributed by atoms with Crippen molar-refractivity contribution in [2.24, 2.45) is 5.92 Å². The molecule has 1 amide bonds. The summed E-state index contributed by atoms with van der Waals surface area (Å²) in [6.45, 7) is 0. The van der Waals surface area contributed by atoms with Gasteiger partial charge >= 0.3 is 0 Å². The standard InChI is InChI=1S/C26H22N6O2/c33-25(15-5-1-2-6-15)28-18-11-17(13-27-14-18)16-9-10-22-20(12-16)23(32-31-22)24-29-21-8-4-3-7-19(21)26(34)30-24/h3-4,7-15H,1-2,5-6H2,(H,28,33)(H,31,32)(H,29,30,34). The Bertz CT molecular complexity index is 1600. The number of rotatable bonds is 4. The number of hydrogen-bond acceptors (Lipinski definition) is 5. The molecule has 5 aromatic rings. The predicted octanol–water partition coefficient (Wildman–Crippen LogP) is 4.66. The molecule has 0 radical (unpaired) electrons. The molecule has 3 N–H and O–H groups in total. The Hall–Kier alpha value is -4.33. The number of benzene rings is 2. The third-order valence-electron chi connectivity index (χ3n) is 6.48. The molecule has 6 rings (SSSR count). The molecule has 8 heteroatoms. The molecule has 0 bridgehead atoms. The molecule has 1 aliphatic carbocycles. The average Bonchev–Trinajstić information content (AvgIpc) is 3.54. The van der Waals surface area contributed by atoms with E-state index in [0.29, 0.717) is 28.1 Å². The molecule has 0 saturated heterocycles. The molecule has 0 aliphatic heterocycles. The largest absolute Gasteiger partial charge is 0.338 e. The maximum atomic E-state index is 12.5. The number of carbonyl (C=O) groups is 1. The smallest absolute Gasteiger partial charge is 0.281 e. The number of aromatic nitrogens is 5. The fourth-order valence-corrected chi connectivity index (χ4v) is 4.68. The van der Waals surface area contributed by atoms with E-state index in [9.17, 15) is 9.59 Å². The van der Waals surface area contributed by atoms with Gasteiger partial charge in [0.05, 0.1) is 28.3 Å². The quantitative estimate of drug-likeness (QED) is 0.368. The summed E-state index contributed by atoms with van der Waals surface area (Å²) in [7, 11) is 0. The molecule has 3 heterocycles. The Labute approximate surface area is 194 Å². The SMILES string of the molecule is O=C(Nc1cncc(-c2ccc3[nH]nc(-c4nc(=O)c5ccccc5[nH]4)c3c2)c1)C1CCCC1. The fraction of sp³-hybridized carbons (Fsp3) is 0.192. The highest BCUT2D eigenvalue weighted by atomic mass is 16.2. The highest BCUT2D eigenvalue weighted by molar-refractivity contribution is 5.96. The van der Waals surface area contributed by atoms with Gasteiger partial charge in [-0.1, -0.05) is 31.0 Å². The number of H-pyrrole nitrogens is 2. The Kier molecular flexibility index (Phi) is 4.91. The van der Waals surface area contributed by atoms with Crippen molar-refractivity contribution in [3.05, 3.63) is 71.3 Å². The lowest BCUT2D eigenvalue weighted by Gasteiger charge is -2.11. The summed E-state index contributed by atoms with van der Waals surface area (Å²) in [5, 5.41) is 11.8. The second-order valence-electron chi connectivity index (χ2n) is 8.70. The highest BCUT2D eigenvalue weighted by Crippen LogP contribution is 2.31. The van der Waals surface area contributed by atoms with E-state index in [4.69, 9.17) is 0 Å². The Morgan fingerprint density at radius 2 is 1.79 bits per heavy atom. The summed E-state index contributed by atoms with van der Waals surface area (Å²) in [6, 6.07) is 15.1. The van der Waals surface area contributed by atoms with Crippen LogP contribution in [0.1, 0.15) is 25.7 Å². The summed E-state index contributed by atoms with van der Waals surface area (Å²) in [5.74, 6) is 0.559. The molecule has 168 valence electrons. The van der Waals surface area contributed by atoms with Gasteiger partial charge in [-0.15, -0.1) is 0 Å². The first kappa shape index (κ1) is 20.3. The number of nitrogens with one attached hydrogen (secondary N) is 3. The van der Waals surface area contributed by atoms with E-state index in [-0.39, 0.29) is 17.4 Å². The van der Waals surface area contributed by atoms with Gasteiger partial charge in [-0.3, -0.25) is 19.7 Å². The molecule has 1 fully saturated rings. The van der Waals surface area contributed by atoms with Gasteiger partial charge in [-0.05, 0) is 48.7 Å². The highest BCUT2D eigenvalue weighted by Gasteiger charge is 2.22. The molecular formula is C26H22N6O2. The van der Waals surface area contributed by atoms with Crippen molar-refractivity contribution in [3.63, 3.8) is 0 Å². The summed E-state index contributed by atoms with van der Waals surface area (Å²) >= 11 is 0. The number of amides is 1. The summed E-state index contributed by atoms with van der Waals surface area (Å²) in [5.41, 5.74) is 4.28. The minimum absolute atomic E-state index is 0.0651. The van der Waals surface area contributed by atoms with Gasteiger partial charge in [-0.25, -0.2) is 0 Å². The maximum Gasteiger partial charge on any atom is 0.281 e. The van der Waals surface area contributed by atoms with Crippen LogP contribution in [-0.4, -0.2) is 31.1 Å². The van der Waals surface area contributed by atoms with E-state index in [0.717, 1.165) is 47.7 Å². The number of hydrogen-bond donors (Lipinski definition) is 3. The minimum Gasteiger partial charge on any atom is -0.338 e. The lowest BCUT2D eigenvalue weighted by molar-refractivity contribution is -0.119. The van der Waals surface area contributed by atoms with E-state index in [1.165, 1.54) is 0 Å². The maximum absolute atomic E-state index is 12.5. The van der Waals surface area contributed by atoms with Crippen LogP contribution in [0.15, 0.2) is 65.7 Å². The number of nitrogens with zero attached hydrogens (tertiary/aromatic N) is 3. The Morgan fingerprint density at radius 3 is 2.68 bits per heavy atom. The summed E-state index contributed by atoms with van der Waals surface area (Å²) in [6.07, 6.45) is 7.55. The van der Waals surface area contributed by atoms with E-state index in [2.05, 4.69) is 30.5 Å². The van der Waals surface area contributed by atoms with Gasteiger partial charge in [0.2, 0.25) is 5.91 Å². The normalized spacial score (nSPS) is 14.1. The number of anilines is 1. The van der Waals surface area contributed by atoms with Gasteiger partial charge in [0.15, 0.2) is 5.82 Å². The van der Waals surface area contributed by atoms with Crippen molar-refractivity contribution in [2.45, 2.75) is 25.7 Å². The summed E-state index contributed by atoms with van der Waals surface area (Å²) in [4.78, 5) is 36.9. The fourth-order valence-electron chi connectivity index (χ4n) is 4.68. The number of pyridine rings is 1. The molecule has 8 nitrogen and oxygen atoms in total. The molecule has 0 unspecified atom stereocenters. The Morgan fingerprint density at radius 1 is 0.941 bits per heavy atom. The molecule has 0 atom stereocenters.